The van der Waals surface area contributed by atoms with Gasteiger partial charge < -0.3 is 25.7 Å². The average Bonchev–Trinajstić information content (AvgIpc) is 2.87. The predicted molar refractivity (Wildman–Crippen MR) is 81.8 cm³/mol. The number of nitrogens with zero attached hydrogens (tertiary/aromatic N) is 3. The van der Waals surface area contributed by atoms with Crippen molar-refractivity contribution in [1.82, 2.24) is 9.97 Å². The van der Waals surface area contributed by atoms with Crippen LogP contribution in [0.25, 0.3) is 0 Å². The first kappa shape index (κ1) is 15.0. The van der Waals surface area contributed by atoms with E-state index in [1.165, 1.54) is 6.33 Å². The minimum atomic E-state index is -0.533. The van der Waals surface area contributed by atoms with Crippen molar-refractivity contribution >= 4 is 23.2 Å². The molecule has 2 aliphatic heterocycles. The Balaban J connectivity index is 1.94. The van der Waals surface area contributed by atoms with Gasteiger partial charge in [0.2, 0.25) is 5.91 Å². The second-order valence-electron chi connectivity index (χ2n) is 6.15. The van der Waals surface area contributed by atoms with E-state index in [1.54, 1.807) is 0 Å². The van der Waals surface area contributed by atoms with E-state index in [1.807, 2.05) is 18.7 Å². The Morgan fingerprint density at radius 1 is 1.50 bits per heavy atom. The minimum absolute atomic E-state index is 0.0323. The summed E-state index contributed by atoms with van der Waals surface area (Å²) in [4.78, 5) is 22.5. The largest absolute Gasteiger partial charge is 0.394 e. The van der Waals surface area contributed by atoms with Crippen molar-refractivity contribution < 1.29 is 15.0 Å². The predicted octanol–water partition coefficient (Wildman–Crippen LogP) is -0.203. The standard InChI is InChI=1S/C14H21N5O3/c1-7(2)9(5-20)17-12-11-13(16-6-15-12)19-4-8(21)3-10(19)14(22)18-11/h6-10,20-21H,3-5H2,1-2H3,(H,18,22)(H,15,16,17)/t8-,9-,10+/m1/s1. The summed E-state index contributed by atoms with van der Waals surface area (Å²) in [7, 11) is 0. The third-order valence-corrected chi connectivity index (χ3v) is 4.25. The first-order chi connectivity index (χ1) is 10.5. The van der Waals surface area contributed by atoms with Crippen LogP contribution in [0.5, 0.6) is 0 Å². The number of hydrogen-bond donors (Lipinski definition) is 4. The molecule has 0 saturated carbocycles. The molecule has 4 N–H and O–H groups in total. The smallest absolute Gasteiger partial charge is 0.247 e. The summed E-state index contributed by atoms with van der Waals surface area (Å²) < 4.78 is 0. The highest BCUT2D eigenvalue weighted by molar-refractivity contribution is 6.05. The summed E-state index contributed by atoms with van der Waals surface area (Å²) in [5, 5.41) is 25.3. The van der Waals surface area contributed by atoms with Crippen molar-refractivity contribution in [2.45, 2.75) is 38.5 Å². The van der Waals surface area contributed by atoms with Crippen molar-refractivity contribution in [1.29, 1.82) is 0 Å². The number of amides is 1. The highest BCUT2D eigenvalue weighted by Gasteiger charge is 2.42. The van der Waals surface area contributed by atoms with E-state index in [4.69, 9.17) is 0 Å². The lowest BCUT2D eigenvalue weighted by atomic mass is 10.1. The van der Waals surface area contributed by atoms with Gasteiger partial charge >= 0.3 is 0 Å². The first-order valence-electron chi connectivity index (χ1n) is 7.49. The average molecular weight is 307 g/mol. The summed E-state index contributed by atoms with van der Waals surface area (Å²) >= 11 is 0. The molecular formula is C14H21N5O3. The third kappa shape index (κ3) is 2.48. The fraction of sp³-hybridized carbons (Fsp3) is 0.643. The molecular weight excluding hydrogens is 286 g/mol. The molecule has 8 nitrogen and oxygen atoms in total. The Labute approximate surface area is 128 Å². The monoisotopic (exact) mass is 307 g/mol. The maximum Gasteiger partial charge on any atom is 0.247 e. The molecule has 0 bridgehead atoms. The second kappa shape index (κ2) is 5.69. The van der Waals surface area contributed by atoms with E-state index < -0.39 is 6.10 Å². The van der Waals surface area contributed by atoms with Crippen LogP contribution in [0.15, 0.2) is 6.33 Å². The van der Waals surface area contributed by atoms with Crippen LogP contribution in [0.1, 0.15) is 20.3 Å². The SMILES string of the molecule is CC(C)[C@@H](CO)Nc1ncnc2c1NC(=O)[C@@H]1C[C@@H](O)CN21. The fourth-order valence-corrected chi connectivity index (χ4v) is 2.92. The number of fused-ring (bicyclic) bond motifs is 3. The molecule has 0 aliphatic carbocycles. The van der Waals surface area contributed by atoms with E-state index in [-0.39, 0.29) is 30.5 Å². The van der Waals surface area contributed by atoms with E-state index in [2.05, 4.69) is 20.6 Å². The van der Waals surface area contributed by atoms with Crippen molar-refractivity contribution in [3.8, 4) is 0 Å². The van der Waals surface area contributed by atoms with Crippen LogP contribution in [0, 0.1) is 5.92 Å². The Kier molecular flexibility index (Phi) is 3.88. The number of anilines is 3. The van der Waals surface area contributed by atoms with Crippen LogP contribution in [0.2, 0.25) is 0 Å². The summed E-state index contributed by atoms with van der Waals surface area (Å²) in [6.07, 6.45) is 1.30. The van der Waals surface area contributed by atoms with Crippen LogP contribution in [-0.2, 0) is 4.79 Å². The summed E-state index contributed by atoms with van der Waals surface area (Å²) in [5.74, 6) is 1.15. The van der Waals surface area contributed by atoms with Gasteiger partial charge in [0.15, 0.2) is 11.6 Å². The molecule has 1 fully saturated rings. The number of rotatable bonds is 4. The number of aliphatic hydroxyl groups excluding tert-OH is 2. The van der Waals surface area contributed by atoms with Crippen LogP contribution in [0.3, 0.4) is 0 Å². The lowest BCUT2D eigenvalue weighted by molar-refractivity contribution is -0.117. The molecule has 3 atom stereocenters. The number of aliphatic hydroxyl groups is 2. The number of hydrogen-bond acceptors (Lipinski definition) is 7. The Bertz CT molecular complexity index is 580. The molecule has 0 aromatic carbocycles. The lowest BCUT2D eigenvalue weighted by Gasteiger charge is -2.33. The van der Waals surface area contributed by atoms with E-state index in [9.17, 15) is 15.0 Å². The molecule has 22 heavy (non-hydrogen) atoms. The topological polar surface area (TPSA) is 111 Å². The zero-order chi connectivity index (χ0) is 15.9. The van der Waals surface area contributed by atoms with Gasteiger partial charge in [0, 0.05) is 13.0 Å². The lowest BCUT2D eigenvalue weighted by Crippen LogP contribution is -2.45. The van der Waals surface area contributed by atoms with E-state index >= 15 is 0 Å². The molecule has 1 aromatic rings. The quantitative estimate of drug-likeness (QED) is 0.609. The van der Waals surface area contributed by atoms with Crippen molar-refractivity contribution in [3.63, 3.8) is 0 Å². The highest BCUT2D eigenvalue weighted by atomic mass is 16.3. The van der Waals surface area contributed by atoms with Crippen molar-refractivity contribution in [2.24, 2.45) is 5.92 Å². The van der Waals surface area contributed by atoms with Crippen LogP contribution in [-0.4, -0.2) is 57.4 Å². The number of aromatic nitrogens is 2. The molecule has 8 heteroatoms. The Morgan fingerprint density at radius 3 is 2.95 bits per heavy atom. The summed E-state index contributed by atoms with van der Waals surface area (Å²) in [6.45, 7) is 4.34. The summed E-state index contributed by atoms with van der Waals surface area (Å²) in [5.41, 5.74) is 0.511. The molecule has 1 saturated heterocycles. The molecule has 0 unspecified atom stereocenters. The number of carbonyl (C=O) groups is 1. The van der Waals surface area contributed by atoms with E-state index in [0.717, 1.165) is 0 Å². The van der Waals surface area contributed by atoms with Gasteiger partial charge in [-0.2, -0.15) is 0 Å². The molecule has 0 spiro atoms. The molecule has 3 heterocycles. The van der Waals surface area contributed by atoms with Gasteiger partial charge in [-0.3, -0.25) is 4.79 Å². The van der Waals surface area contributed by atoms with Gasteiger partial charge in [0.25, 0.3) is 0 Å². The summed E-state index contributed by atoms with van der Waals surface area (Å²) in [6, 6.07) is -0.554. The number of nitrogens with one attached hydrogen (secondary N) is 2. The Hall–Kier alpha value is -1.93. The van der Waals surface area contributed by atoms with Crippen LogP contribution in [0.4, 0.5) is 17.3 Å². The van der Waals surface area contributed by atoms with Gasteiger partial charge in [-0.15, -0.1) is 0 Å². The first-order valence-corrected chi connectivity index (χ1v) is 7.49. The Morgan fingerprint density at radius 2 is 2.27 bits per heavy atom. The minimum Gasteiger partial charge on any atom is -0.394 e. The zero-order valence-corrected chi connectivity index (χ0v) is 12.7. The second-order valence-corrected chi connectivity index (χ2v) is 6.15. The fourth-order valence-electron chi connectivity index (χ4n) is 2.92. The third-order valence-electron chi connectivity index (χ3n) is 4.25. The molecule has 1 amide bonds. The molecule has 3 rings (SSSR count). The van der Waals surface area contributed by atoms with Gasteiger partial charge in [-0.1, -0.05) is 13.8 Å². The molecule has 0 radical (unpaired) electrons. The maximum atomic E-state index is 12.2. The van der Waals surface area contributed by atoms with Gasteiger partial charge in [-0.25, -0.2) is 9.97 Å². The van der Waals surface area contributed by atoms with Crippen molar-refractivity contribution in [2.75, 3.05) is 28.7 Å². The number of carbonyl (C=O) groups excluding carboxylic acids is 1. The van der Waals surface area contributed by atoms with Gasteiger partial charge in [0.05, 0.1) is 18.8 Å². The molecule has 2 aliphatic rings. The molecule has 120 valence electrons. The van der Waals surface area contributed by atoms with E-state index in [0.29, 0.717) is 30.3 Å². The van der Waals surface area contributed by atoms with Gasteiger partial charge in [-0.05, 0) is 5.92 Å². The van der Waals surface area contributed by atoms with Crippen LogP contribution < -0.4 is 15.5 Å². The molecule has 1 aromatic heterocycles. The highest BCUT2D eigenvalue weighted by Crippen LogP contribution is 2.38. The zero-order valence-electron chi connectivity index (χ0n) is 12.7. The normalized spacial score (nSPS) is 24.8. The van der Waals surface area contributed by atoms with Crippen LogP contribution >= 0.6 is 0 Å². The van der Waals surface area contributed by atoms with Crippen molar-refractivity contribution in [3.05, 3.63) is 6.33 Å². The maximum absolute atomic E-state index is 12.2. The van der Waals surface area contributed by atoms with Gasteiger partial charge in [0.1, 0.15) is 18.1 Å².